The molecule has 0 aliphatic heterocycles. The Hall–Kier alpha value is -0.750. The van der Waals surface area contributed by atoms with Gasteiger partial charge in [-0.05, 0) is 18.8 Å². The Morgan fingerprint density at radius 2 is 2.00 bits per heavy atom. The van der Waals surface area contributed by atoms with E-state index in [9.17, 15) is 13.6 Å². The van der Waals surface area contributed by atoms with Crippen molar-refractivity contribution in [3.8, 4) is 0 Å². The predicted octanol–water partition coefficient (Wildman–Crippen LogP) is 1.17. The van der Waals surface area contributed by atoms with Gasteiger partial charge in [-0.25, -0.2) is 5.84 Å². The minimum Gasteiger partial charge on any atom is -0.312 e. The van der Waals surface area contributed by atoms with Crippen molar-refractivity contribution in [2.75, 3.05) is 6.61 Å². The van der Waals surface area contributed by atoms with Crippen molar-refractivity contribution in [2.24, 2.45) is 11.8 Å². The summed E-state index contributed by atoms with van der Waals surface area (Å²) >= 11 is 0. The van der Waals surface area contributed by atoms with E-state index in [0.29, 0.717) is 0 Å². The summed E-state index contributed by atoms with van der Waals surface area (Å²) in [6, 6.07) is 0. The molecule has 1 aliphatic rings. The number of hydrazine groups is 1. The van der Waals surface area contributed by atoms with Gasteiger partial charge in [-0.15, -0.1) is 0 Å². The number of alkyl halides is 2. The fraction of sp³-hybridized carbons (Fsp3) is 0.889. The summed E-state index contributed by atoms with van der Waals surface area (Å²) in [5.41, 5.74) is 1.38. The molecule has 0 aromatic carbocycles. The Kier molecular flexibility index (Phi) is 4.41. The SMILES string of the molecule is NNC(=O)C(F)(F)OCC1CCCCC1. The highest BCUT2D eigenvalue weighted by atomic mass is 19.3. The number of hydrogen-bond donors (Lipinski definition) is 2. The average Bonchev–Trinajstić information content (AvgIpc) is 2.27. The van der Waals surface area contributed by atoms with E-state index in [1.807, 2.05) is 0 Å². The molecule has 1 amide bonds. The van der Waals surface area contributed by atoms with E-state index < -0.39 is 12.0 Å². The second kappa shape index (κ2) is 5.37. The zero-order chi connectivity index (χ0) is 11.3. The number of nitrogens with one attached hydrogen (secondary N) is 1. The number of halogens is 2. The maximum absolute atomic E-state index is 12.9. The van der Waals surface area contributed by atoms with Crippen LogP contribution in [0.3, 0.4) is 0 Å². The molecule has 1 fully saturated rings. The largest absolute Gasteiger partial charge is 0.437 e. The summed E-state index contributed by atoms with van der Waals surface area (Å²) in [4.78, 5) is 10.6. The fourth-order valence-corrected chi connectivity index (χ4v) is 1.73. The summed E-state index contributed by atoms with van der Waals surface area (Å²) in [5, 5.41) is 0. The number of carbonyl (C=O) groups is 1. The van der Waals surface area contributed by atoms with Crippen LogP contribution in [0, 0.1) is 5.92 Å². The van der Waals surface area contributed by atoms with Crippen molar-refractivity contribution < 1.29 is 18.3 Å². The monoisotopic (exact) mass is 222 g/mol. The van der Waals surface area contributed by atoms with Gasteiger partial charge < -0.3 is 4.74 Å². The molecule has 1 saturated carbocycles. The maximum Gasteiger partial charge on any atom is 0.437 e. The van der Waals surface area contributed by atoms with Gasteiger partial charge in [0.1, 0.15) is 0 Å². The number of carbonyl (C=O) groups excluding carboxylic acids is 1. The van der Waals surface area contributed by atoms with E-state index in [2.05, 4.69) is 10.6 Å². The molecule has 15 heavy (non-hydrogen) atoms. The third-order valence-electron chi connectivity index (χ3n) is 2.62. The molecule has 1 rings (SSSR count). The first kappa shape index (κ1) is 12.3. The summed E-state index contributed by atoms with van der Waals surface area (Å²) in [6.45, 7) is -0.0829. The Balaban J connectivity index is 2.31. The molecule has 0 atom stereocenters. The summed E-state index contributed by atoms with van der Waals surface area (Å²) in [7, 11) is 0. The lowest BCUT2D eigenvalue weighted by atomic mass is 9.90. The lowest BCUT2D eigenvalue weighted by Crippen LogP contribution is -2.46. The van der Waals surface area contributed by atoms with Crippen LogP contribution in [-0.2, 0) is 9.53 Å². The molecule has 0 spiro atoms. The van der Waals surface area contributed by atoms with Crippen LogP contribution in [0.5, 0.6) is 0 Å². The molecule has 3 N–H and O–H groups in total. The van der Waals surface area contributed by atoms with Crippen LogP contribution in [0.25, 0.3) is 0 Å². The Morgan fingerprint density at radius 3 is 2.53 bits per heavy atom. The van der Waals surface area contributed by atoms with Crippen LogP contribution >= 0.6 is 0 Å². The molecule has 0 heterocycles. The molecule has 0 bridgehead atoms. The van der Waals surface area contributed by atoms with Crippen LogP contribution in [0.4, 0.5) is 8.78 Å². The van der Waals surface area contributed by atoms with Crippen LogP contribution < -0.4 is 11.3 Å². The van der Waals surface area contributed by atoms with Crippen molar-refractivity contribution in [1.29, 1.82) is 0 Å². The van der Waals surface area contributed by atoms with Crippen molar-refractivity contribution in [3.63, 3.8) is 0 Å². The van der Waals surface area contributed by atoms with E-state index in [-0.39, 0.29) is 12.5 Å². The third-order valence-corrected chi connectivity index (χ3v) is 2.62. The van der Waals surface area contributed by atoms with Gasteiger partial charge in [-0.3, -0.25) is 10.2 Å². The van der Waals surface area contributed by atoms with Gasteiger partial charge >= 0.3 is 12.0 Å². The first-order valence-corrected chi connectivity index (χ1v) is 5.09. The zero-order valence-electron chi connectivity index (χ0n) is 8.47. The zero-order valence-corrected chi connectivity index (χ0v) is 8.47. The van der Waals surface area contributed by atoms with Crippen LogP contribution in [0.2, 0.25) is 0 Å². The number of rotatable bonds is 4. The van der Waals surface area contributed by atoms with Gasteiger partial charge in [0.05, 0.1) is 6.61 Å². The molecule has 1 aliphatic carbocycles. The third kappa shape index (κ3) is 3.71. The minimum absolute atomic E-state index is 0.0829. The number of amides is 1. The van der Waals surface area contributed by atoms with Crippen molar-refractivity contribution in [1.82, 2.24) is 5.43 Å². The lowest BCUT2D eigenvalue weighted by molar-refractivity contribution is -0.236. The second-order valence-corrected chi connectivity index (χ2v) is 3.81. The molecule has 6 heteroatoms. The smallest absolute Gasteiger partial charge is 0.312 e. The molecule has 88 valence electrons. The Bertz CT molecular complexity index is 218. The van der Waals surface area contributed by atoms with E-state index in [1.54, 1.807) is 0 Å². The van der Waals surface area contributed by atoms with E-state index in [4.69, 9.17) is 0 Å². The second-order valence-electron chi connectivity index (χ2n) is 3.81. The summed E-state index contributed by atoms with van der Waals surface area (Å²) in [6.07, 6.45) is 1.20. The molecule has 0 aromatic heterocycles. The first-order chi connectivity index (χ1) is 7.06. The van der Waals surface area contributed by atoms with Crippen LogP contribution in [0.15, 0.2) is 0 Å². The minimum atomic E-state index is -3.81. The fourth-order valence-electron chi connectivity index (χ4n) is 1.73. The van der Waals surface area contributed by atoms with Crippen molar-refractivity contribution >= 4 is 5.91 Å². The number of ether oxygens (including phenoxy) is 1. The van der Waals surface area contributed by atoms with Gasteiger partial charge in [0.15, 0.2) is 0 Å². The molecule has 0 unspecified atom stereocenters. The Morgan fingerprint density at radius 1 is 1.40 bits per heavy atom. The molecular formula is C9H16F2N2O2. The molecule has 4 nitrogen and oxygen atoms in total. The quantitative estimate of drug-likeness (QED) is 0.426. The Labute approximate surface area is 87.1 Å². The average molecular weight is 222 g/mol. The molecule has 0 radical (unpaired) electrons. The normalized spacial score (nSPS) is 18.9. The van der Waals surface area contributed by atoms with Crippen molar-refractivity contribution in [3.05, 3.63) is 0 Å². The van der Waals surface area contributed by atoms with Gasteiger partial charge in [0.2, 0.25) is 0 Å². The van der Waals surface area contributed by atoms with Gasteiger partial charge in [0, 0.05) is 0 Å². The predicted molar refractivity (Wildman–Crippen MR) is 49.8 cm³/mol. The van der Waals surface area contributed by atoms with E-state index in [0.717, 1.165) is 32.1 Å². The van der Waals surface area contributed by atoms with E-state index >= 15 is 0 Å². The van der Waals surface area contributed by atoms with Gasteiger partial charge in [0.25, 0.3) is 0 Å². The lowest BCUT2D eigenvalue weighted by Gasteiger charge is -2.23. The number of hydrogen-bond acceptors (Lipinski definition) is 3. The van der Waals surface area contributed by atoms with Crippen LogP contribution in [-0.4, -0.2) is 18.6 Å². The first-order valence-electron chi connectivity index (χ1n) is 5.09. The highest BCUT2D eigenvalue weighted by Gasteiger charge is 2.40. The van der Waals surface area contributed by atoms with Gasteiger partial charge in [-0.1, -0.05) is 19.3 Å². The molecule has 0 aromatic rings. The summed E-state index contributed by atoms with van der Waals surface area (Å²) < 4.78 is 30.0. The van der Waals surface area contributed by atoms with Crippen molar-refractivity contribution in [2.45, 2.75) is 38.2 Å². The van der Waals surface area contributed by atoms with E-state index in [1.165, 1.54) is 5.43 Å². The topological polar surface area (TPSA) is 64.3 Å². The standard InChI is InChI=1S/C9H16F2N2O2/c10-9(11,8(14)13-12)15-6-7-4-2-1-3-5-7/h7H,1-6,12H2,(H,13,14). The maximum atomic E-state index is 12.9. The highest BCUT2D eigenvalue weighted by Crippen LogP contribution is 2.26. The highest BCUT2D eigenvalue weighted by molar-refractivity contribution is 5.81. The number of nitrogens with two attached hydrogens (primary N) is 1. The molecular weight excluding hydrogens is 206 g/mol. The summed E-state index contributed by atoms with van der Waals surface area (Å²) in [5.74, 6) is 3.14. The van der Waals surface area contributed by atoms with Crippen LogP contribution in [0.1, 0.15) is 32.1 Å². The molecule has 0 saturated heterocycles. The van der Waals surface area contributed by atoms with Gasteiger partial charge in [-0.2, -0.15) is 8.78 Å².